The second-order valence-electron chi connectivity index (χ2n) is 6.73. The lowest BCUT2D eigenvalue weighted by atomic mass is 10.1. The average molecular weight is 522 g/mol. The van der Waals surface area contributed by atoms with Crippen molar-refractivity contribution in [2.75, 3.05) is 5.32 Å². The summed E-state index contributed by atoms with van der Waals surface area (Å²) >= 11 is 9.02. The number of carbonyl (C=O) groups excluding carboxylic acids is 1. The molecule has 0 radical (unpaired) electrons. The zero-order valence-corrected chi connectivity index (χ0v) is 18.4. The van der Waals surface area contributed by atoms with Gasteiger partial charge in [-0.25, -0.2) is 4.98 Å². The van der Waals surface area contributed by atoms with Crippen molar-refractivity contribution in [1.82, 2.24) is 4.98 Å². The van der Waals surface area contributed by atoms with Crippen molar-refractivity contribution in [1.29, 1.82) is 0 Å². The maximum absolute atomic E-state index is 13.1. The number of nitrogens with one attached hydrogen (secondary N) is 1. The second kappa shape index (κ2) is 8.80. The summed E-state index contributed by atoms with van der Waals surface area (Å²) in [5.74, 6) is 0.107. The molecule has 0 unspecified atom stereocenters. The van der Waals surface area contributed by atoms with Crippen LogP contribution < -0.4 is 5.32 Å². The molecular formula is C23H13BrClF3N2O2. The van der Waals surface area contributed by atoms with Gasteiger partial charge in [-0.2, -0.15) is 13.2 Å². The van der Waals surface area contributed by atoms with Crippen molar-refractivity contribution in [3.8, 4) is 22.8 Å². The Balaban J connectivity index is 1.63. The normalized spacial score (nSPS) is 11.4. The van der Waals surface area contributed by atoms with Crippen molar-refractivity contribution in [3.05, 3.63) is 93.5 Å². The summed E-state index contributed by atoms with van der Waals surface area (Å²) in [7, 11) is 0. The number of hydrogen-bond acceptors (Lipinski definition) is 3. The molecule has 0 aliphatic carbocycles. The first-order valence-electron chi connectivity index (χ1n) is 9.21. The molecule has 1 amide bonds. The minimum Gasteiger partial charge on any atom is -0.436 e. The van der Waals surface area contributed by atoms with Crippen LogP contribution in [0.1, 0.15) is 15.9 Å². The quantitative estimate of drug-likeness (QED) is 0.299. The molecule has 0 aliphatic rings. The molecule has 32 heavy (non-hydrogen) atoms. The summed E-state index contributed by atoms with van der Waals surface area (Å²) in [4.78, 5) is 17.1. The number of rotatable bonds is 4. The summed E-state index contributed by atoms with van der Waals surface area (Å²) in [6.45, 7) is 0. The topological polar surface area (TPSA) is 55.1 Å². The van der Waals surface area contributed by atoms with Gasteiger partial charge >= 0.3 is 6.18 Å². The van der Waals surface area contributed by atoms with Gasteiger partial charge in [-0.05, 0) is 42.5 Å². The van der Waals surface area contributed by atoms with Gasteiger partial charge in [-0.3, -0.25) is 4.79 Å². The average Bonchev–Trinajstić information content (AvgIpc) is 3.25. The van der Waals surface area contributed by atoms with E-state index in [1.54, 1.807) is 24.4 Å². The van der Waals surface area contributed by atoms with Crippen molar-refractivity contribution < 1.29 is 22.4 Å². The smallest absolute Gasteiger partial charge is 0.417 e. The number of nitrogens with zero attached hydrogens (tertiary/aromatic N) is 1. The van der Waals surface area contributed by atoms with Crippen LogP contribution in [-0.2, 0) is 6.18 Å². The summed E-state index contributed by atoms with van der Waals surface area (Å²) in [6, 6.07) is 17.1. The Morgan fingerprint density at radius 2 is 1.75 bits per heavy atom. The molecule has 1 N–H and O–H groups in total. The molecule has 0 saturated heterocycles. The number of oxazole rings is 1. The van der Waals surface area contributed by atoms with Gasteiger partial charge in [0.05, 0.1) is 22.3 Å². The largest absolute Gasteiger partial charge is 0.436 e. The highest BCUT2D eigenvalue weighted by atomic mass is 79.9. The van der Waals surface area contributed by atoms with Crippen LogP contribution in [0.2, 0.25) is 5.02 Å². The van der Waals surface area contributed by atoms with Crippen molar-refractivity contribution >= 4 is 39.1 Å². The summed E-state index contributed by atoms with van der Waals surface area (Å²) < 4.78 is 46.1. The van der Waals surface area contributed by atoms with Crippen molar-refractivity contribution in [2.24, 2.45) is 0 Å². The Morgan fingerprint density at radius 3 is 2.47 bits per heavy atom. The molecular weight excluding hydrogens is 509 g/mol. The fourth-order valence-corrected chi connectivity index (χ4v) is 3.52. The van der Waals surface area contributed by atoms with Gasteiger partial charge < -0.3 is 9.73 Å². The minimum atomic E-state index is -4.64. The van der Waals surface area contributed by atoms with E-state index in [1.807, 2.05) is 24.3 Å². The third kappa shape index (κ3) is 4.71. The number of hydrogen-bond donors (Lipinski definition) is 1. The number of halogens is 5. The van der Waals surface area contributed by atoms with Crippen LogP contribution in [0.5, 0.6) is 0 Å². The Labute approximate surface area is 194 Å². The van der Waals surface area contributed by atoms with E-state index in [2.05, 4.69) is 26.2 Å². The van der Waals surface area contributed by atoms with E-state index in [1.165, 1.54) is 12.1 Å². The molecule has 9 heteroatoms. The summed E-state index contributed by atoms with van der Waals surface area (Å²) in [5, 5.41) is 2.03. The maximum atomic E-state index is 13.1. The highest BCUT2D eigenvalue weighted by Crippen LogP contribution is 2.36. The molecule has 4 aromatic rings. The molecule has 0 spiro atoms. The zero-order valence-electron chi connectivity index (χ0n) is 16.1. The van der Waals surface area contributed by atoms with Gasteiger partial charge in [-0.1, -0.05) is 51.8 Å². The summed E-state index contributed by atoms with van der Waals surface area (Å²) in [5.41, 5.74) is 0.329. The molecule has 4 rings (SSSR count). The monoisotopic (exact) mass is 520 g/mol. The Bertz CT molecular complexity index is 1290. The molecule has 0 bridgehead atoms. The lowest BCUT2D eigenvalue weighted by Gasteiger charge is -2.12. The molecule has 4 nitrogen and oxygen atoms in total. The van der Waals surface area contributed by atoms with E-state index < -0.39 is 22.7 Å². The van der Waals surface area contributed by atoms with Gasteiger partial charge in [0.25, 0.3) is 5.91 Å². The van der Waals surface area contributed by atoms with E-state index in [0.717, 1.165) is 22.2 Å². The lowest BCUT2D eigenvalue weighted by Crippen LogP contribution is -2.14. The molecule has 0 atom stereocenters. The Morgan fingerprint density at radius 1 is 1.03 bits per heavy atom. The predicted molar refractivity (Wildman–Crippen MR) is 119 cm³/mol. The van der Waals surface area contributed by atoms with E-state index in [4.69, 9.17) is 16.0 Å². The Kier molecular flexibility index (Phi) is 6.08. The first-order chi connectivity index (χ1) is 15.2. The zero-order chi connectivity index (χ0) is 22.9. The number of benzene rings is 3. The number of anilines is 1. The third-order valence-electron chi connectivity index (χ3n) is 4.57. The van der Waals surface area contributed by atoms with Gasteiger partial charge in [0, 0.05) is 21.3 Å². The van der Waals surface area contributed by atoms with Crippen LogP contribution in [0.4, 0.5) is 18.9 Å². The molecule has 0 aliphatic heterocycles. The third-order valence-corrected chi connectivity index (χ3v) is 5.42. The van der Waals surface area contributed by atoms with E-state index >= 15 is 0 Å². The second-order valence-corrected chi connectivity index (χ2v) is 8.05. The number of alkyl halides is 3. The van der Waals surface area contributed by atoms with Crippen molar-refractivity contribution in [3.63, 3.8) is 0 Å². The lowest BCUT2D eigenvalue weighted by molar-refractivity contribution is -0.137. The van der Waals surface area contributed by atoms with Gasteiger partial charge in [0.15, 0.2) is 5.76 Å². The van der Waals surface area contributed by atoms with E-state index in [9.17, 15) is 18.0 Å². The van der Waals surface area contributed by atoms with Gasteiger partial charge in [0.2, 0.25) is 5.89 Å². The summed E-state index contributed by atoms with van der Waals surface area (Å²) in [6.07, 6.45) is -3.10. The number of carbonyl (C=O) groups is 1. The SMILES string of the molecule is O=C(Nc1ccc(Cl)c(C(F)(F)F)c1)c1ccccc1-c1ncc(-c2ccc(Br)cc2)o1. The van der Waals surface area contributed by atoms with E-state index in [-0.39, 0.29) is 17.1 Å². The standard InChI is InChI=1S/C23H13BrClF3N2O2/c24-14-7-5-13(6-8-14)20-12-29-22(32-20)17-4-2-1-3-16(17)21(31)30-15-9-10-19(25)18(11-15)23(26,27)28/h1-12H,(H,30,31). The van der Waals surface area contributed by atoms with Crippen LogP contribution in [0.3, 0.4) is 0 Å². The highest BCUT2D eigenvalue weighted by Gasteiger charge is 2.33. The Hall–Kier alpha value is -3.10. The maximum Gasteiger partial charge on any atom is 0.417 e. The molecule has 162 valence electrons. The molecule has 0 fully saturated rings. The van der Waals surface area contributed by atoms with Crippen LogP contribution >= 0.6 is 27.5 Å². The first-order valence-corrected chi connectivity index (χ1v) is 10.4. The number of amides is 1. The minimum absolute atomic E-state index is 0.0375. The van der Waals surface area contributed by atoms with E-state index in [0.29, 0.717) is 11.3 Å². The fraction of sp³-hybridized carbons (Fsp3) is 0.0435. The molecule has 0 saturated carbocycles. The first kappa shape index (κ1) is 22.1. The molecule has 1 aromatic heterocycles. The predicted octanol–water partition coefficient (Wildman–Crippen LogP) is 7.70. The van der Waals surface area contributed by atoms with Gasteiger partial charge in [0.1, 0.15) is 0 Å². The van der Waals surface area contributed by atoms with Crippen LogP contribution in [0.15, 0.2) is 81.8 Å². The van der Waals surface area contributed by atoms with Gasteiger partial charge in [-0.15, -0.1) is 0 Å². The highest BCUT2D eigenvalue weighted by molar-refractivity contribution is 9.10. The van der Waals surface area contributed by atoms with Crippen LogP contribution in [-0.4, -0.2) is 10.9 Å². The fourth-order valence-electron chi connectivity index (χ4n) is 3.03. The van der Waals surface area contributed by atoms with Crippen LogP contribution in [0, 0.1) is 0 Å². The van der Waals surface area contributed by atoms with Crippen molar-refractivity contribution in [2.45, 2.75) is 6.18 Å². The number of aromatic nitrogens is 1. The molecule has 1 heterocycles. The van der Waals surface area contributed by atoms with Crippen LogP contribution in [0.25, 0.3) is 22.8 Å². The molecule has 3 aromatic carbocycles.